The van der Waals surface area contributed by atoms with Gasteiger partial charge < -0.3 is 10.2 Å². The summed E-state index contributed by atoms with van der Waals surface area (Å²) in [7, 11) is 1.51. The zero-order valence-corrected chi connectivity index (χ0v) is 16.8. The molecule has 0 saturated carbocycles. The molecule has 2 amide bonds. The molecule has 30 heavy (non-hydrogen) atoms. The van der Waals surface area contributed by atoms with Crippen LogP contribution in [0.1, 0.15) is 21.6 Å². The van der Waals surface area contributed by atoms with Crippen molar-refractivity contribution in [1.29, 1.82) is 0 Å². The molecule has 9 nitrogen and oxygen atoms in total. The summed E-state index contributed by atoms with van der Waals surface area (Å²) < 4.78 is 1.38. The van der Waals surface area contributed by atoms with Gasteiger partial charge in [-0.25, -0.2) is 4.68 Å². The van der Waals surface area contributed by atoms with Gasteiger partial charge in [-0.3, -0.25) is 19.7 Å². The summed E-state index contributed by atoms with van der Waals surface area (Å²) in [5.74, 6) is -0.753. The highest BCUT2D eigenvalue weighted by atomic mass is 16.6. The first-order valence-electron chi connectivity index (χ1n) is 9.18. The Morgan fingerprint density at radius 2 is 1.80 bits per heavy atom. The Labute approximate surface area is 173 Å². The van der Waals surface area contributed by atoms with E-state index in [-0.39, 0.29) is 23.8 Å². The summed E-state index contributed by atoms with van der Waals surface area (Å²) in [5.41, 5.74) is 3.12. The van der Waals surface area contributed by atoms with E-state index < -0.39 is 10.8 Å². The zero-order chi connectivity index (χ0) is 21.8. The van der Waals surface area contributed by atoms with Crippen LogP contribution >= 0.6 is 0 Å². The maximum atomic E-state index is 12.6. The van der Waals surface area contributed by atoms with E-state index in [9.17, 15) is 19.7 Å². The molecule has 3 rings (SSSR count). The van der Waals surface area contributed by atoms with Crippen LogP contribution in [-0.2, 0) is 4.79 Å². The molecule has 0 spiro atoms. The standard InChI is InChI=1S/C21H21N5O4/c1-14-6-4-7-15(2)20(14)22-19(27)13-24(3)21(28)18-10-11-25(23-18)16-8-5-9-17(12-16)26(29)30/h4-12H,13H2,1-3H3,(H,22,27). The number of amides is 2. The Hall–Kier alpha value is -4.01. The molecule has 0 fully saturated rings. The topological polar surface area (TPSA) is 110 Å². The first kappa shape index (κ1) is 20.7. The van der Waals surface area contributed by atoms with Crippen LogP contribution in [0, 0.1) is 24.0 Å². The van der Waals surface area contributed by atoms with E-state index in [0.717, 1.165) is 16.8 Å². The predicted octanol–water partition coefficient (Wildman–Crippen LogP) is 3.11. The van der Waals surface area contributed by atoms with E-state index in [4.69, 9.17) is 0 Å². The number of aromatic nitrogens is 2. The lowest BCUT2D eigenvalue weighted by Crippen LogP contribution is -2.35. The number of carbonyl (C=O) groups excluding carboxylic acids is 2. The fourth-order valence-corrected chi connectivity index (χ4v) is 3.00. The summed E-state index contributed by atoms with van der Waals surface area (Å²) in [5, 5.41) is 18.0. The monoisotopic (exact) mass is 407 g/mol. The second-order valence-corrected chi connectivity index (χ2v) is 6.90. The highest BCUT2D eigenvalue weighted by Crippen LogP contribution is 2.19. The van der Waals surface area contributed by atoms with Crippen molar-refractivity contribution in [3.8, 4) is 5.69 Å². The SMILES string of the molecule is Cc1cccc(C)c1NC(=O)CN(C)C(=O)c1ccn(-c2cccc([N+](=O)[O-])c2)n1. The van der Waals surface area contributed by atoms with Gasteiger partial charge in [0.1, 0.15) is 0 Å². The number of rotatable bonds is 6. The molecular formula is C21H21N5O4. The van der Waals surface area contributed by atoms with Gasteiger partial charge in [0, 0.05) is 31.1 Å². The quantitative estimate of drug-likeness (QED) is 0.499. The van der Waals surface area contributed by atoms with Crippen molar-refractivity contribution in [1.82, 2.24) is 14.7 Å². The fourth-order valence-electron chi connectivity index (χ4n) is 3.00. The number of nitro benzene ring substituents is 1. The van der Waals surface area contributed by atoms with E-state index in [1.54, 1.807) is 12.1 Å². The molecule has 0 aliphatic carbocycles. The average molecular weight is 407 g/mol. The fraction of sp³-hybridized carbons (Fsp3) is 0.190. The average Bonchev–Trinajstić information content (AvgIpc) is 3.20. The van der Waals surface area contributed by atoms with Gasteiger partial charge in [-0.15, -0.1) is 0 Å². The number of carbonyl (C=O) groups is 2. The zero-order valence-electron chi connectivity index (χ0n) is 16.8. The van der Waals surface area contributed by atoms with Crippen LogP contribution in [0.4, 0.5) is 11.4 Å². The van der Waals surface area contributed by atoms with Crippen molar-refractivity contribution in [2.45, 2.75) is 13.8 Å². The van der Waals surface area contributed by atoms with E-state index in [1.807, 2.05) is 32.0 Å². The number of nitrogens with zero attached hydrogens (tertiary/aromatic N) is 4. The number of anilines is 1. The minimum atomic E-state index is -0.498. The summed E-state index contributed by atoms with van der Waals surface area (Å²) in [6.45, 7) is 3.66. The van der Waals surface area contributed by atoms with Crippen LogP contribution in [0.5, 0.6) is 0 Å². The molecule has 0 saturated heterocycles. The van der Waals surface area contributed by atoms with Crippen LogP contribution in [0.3, 0.4) is 0 Å². The Morgan fingerprint density at radius 1 is 1.13 bits per heavy atom. The number of aryl methyl sites for hydroxylation is 2. The van der Waals surface area contributed by atoms with Crippen LogP contribution in [-0.4, -0.2) is 45.0 Å². The van der Waals surface area contributed by atoms with Gasteiger partial charge in [-0.05, 0) is 37.1 Å². The maximum absolute atomic E-state index is 12.6. The molecular weight excluding hydrogens is 386 g/mol. The second-order valence-electron chi connectivity index (χ2n) is 6.90. The highest BCUT2D eigenvalue weighted by Gasteiger charge is 2.19. The third kappa shape index (κ3) is 4.52. The van der Waals surface area contributed by atoms with E-state index in [1.165, 1.54) is 41.0 Å². The molecule has 1 N–H and O–H groups in total. The number of nitro groups is 1. The lowest BCUT2D eigenvalue weighted by molar-refractivity contribution is -0.384. The number of para-hydroxylation sites is 1. The molecule has 0 unspecified atom stereocenters. The van der Waals surface area contributed by atoms with Crippen molar-refractivity contribution in [3.05, 3.63) is 81.7 Å². The van der Waals surface area contributed by atoms with Crippen molar-refractivity contribution in [3.63, 3.8) is 0 Å². The van der Waals surface area contributed by atoms with E-state index in [2.05, 4.69) is 10.4 Å². The van der Waals surface area contributed by atoms with E-state index >= 15 is 0 Å². The number of non-ortho nitro benzene ring substituents is 1. The minimum Gasteiger partial charge on any atom is -0.331 e. The molecule has 0 radical (unpaired) electrons. The van der Waals surface area contributed by atoms with Gasteiger partial charge in [0.2, 0.25) is 5.91 Å². The molecule has 3 aromatic rings. The third-order valence-corrected chi connectivity index (χ3v) is 4.59. The minimum absolute atomic E-state index is 0.0730. The maximum Gasteiger partial charge on any atom is 0.274 e. The molecule has 0 aliphatic heterocycles. The summed E-state index contributed by atoms with van der Waals surface area (Å²) in [6.07, 6.45) is 1.54. The highest BCUT2D eigenvalue weighted by molar-refractivity contribution is 5.98. The summed E-state index contributed by atoms with van der Waals surface area (Å²) in [4.78, 5) is 36.8. The third-order valence-electron chi connectivity index (χ3n) is 4.59. The number of likely N-dealkylation sites (N-methyl/N-ethyl adjacent to an activating group) is 1. The van der Waals surface area contributed by atoms with Gasteiger partial charge in [0.15, 0.2) is 5.69 Å². The van der Waals surface area contributed by atoms with Gasteiger partial charge in [0.25, 0.3) is 11.6 Å². The first-order valence-corrected chi connectivity index (χ1v) is 9.18. The largest absolute Gasteiger partial charge is 0.331 e. The molecule has 0 bridgehead atoms. The Balaban J connectivity index is 1.69. The van der Waals surface area contributed by atoms with Gasteiger partial charge in [0.05, 0.1) is 17.2 Å². The van der Waals surface area contributed by atoms with Crippen molar-refractivity contribution in [2.24, 2.45) is 0 Å². The van der Waals surface area contributed by atoms with Crippen molar-refractivity contribution in [2.75, 3.05) is 18.9 Å². The van der Waals surface area contributed by atoms with Gasteiger partial charge in [-0.2, -0.15) is 5.10 Å². The molecule has 9 heteroatoms. The Kier molecular flexibility index (Phi) is 5.91. The number of hydrogen-bond acceptors (Lipinski definition) is 5. The molecule has 0 aliphatic rings. The van der Waals surface area contributed by atoms with Crippen LogP contribution in [0.25, 0.3) is 5.69 Å². The van der Waals surface area contributed by atoms with Crippen molar-refractivity contribution >= 4 is 23.2 Å². The van der Waals surface area contributed by atoms with Crippen molar-refractivity contribution < 1.29 is 14.5 Å². The molecule has 2 aromatic carbocycles. The molecule has 154 valence electrons. The first-order chi connectivity index (χ1) is 14.3. The number of hydrogen-bond donors (Lipinski definition) is 1. The summed E-state index contributed by atoms with van der Waals surface area (Å²) in [6, 6.07) is 13.1. The van der Waals surface area contributed by atoms with E-state index in [0.29, 0.717) is 5.69 Å². The van der Waals surface area contributed by atoms with Gasteiger partial charge in [-0.1, -0.05) is 24.3 Å². The van der Waals surface area contributed by atoms with Crippen LogP contribution < -0.4 is 5.32 Å². The van der Waals surface area contributed by atoms with Crippen LogP contribution in [0.2, 0.25) is 0 Å². The second kappa shape index (κ2) is 8.56. The smallest absolute Gasteiger partial charge is 0.274 e. The lowest BCUT2D eigenvalue weighted by Gasteiger charge is -2.17. The number of benzene rings is 2. The normalized spacial score (nSPS) is 10.5. The summed E-state index contributed by atoms with van der Waals surface area (Å²) >= 11 is 0. The van der Waals surface area contributed by atoms with Gasteiger partial charge >= 0.3 is 0 Å². The number of nitrogens with one attached hydrogen (secondary N) is 1. The Bertz CT molecular complexity index is 1100. The molecule has 1 aromatic heterocycles. The molecule has 1 heterocycles. The molecule has 0 atom stereocenters. The van der Waals surface area contributed by atoms with Crippen LogP contribution in [0.15, 0.2) is 54.7 Å². The Morgan fingerprint density at radius 3 is 2.47 bits per heavy atom. The predicted molar refractivity (Wildman–Crippen MR) is 112 cm³/mol. The lowest BCUT2D eigenvalue weighted by atomic mass is 10.1.